The second-order valence-electron chi connectivity index (χ2n) is 17.5. The number of rotatable bonds is 11. The van der Waals surface area contributed by atoms with Crippen LogP contribution in [0, 0.1) is 17.3 Å². The van der Waals surface area contributed by atoms with E-state index in [1.54, 1.807) is 9.80 Å². The summed E-state index contributed by atoms with van der Waals surface area (Å²) in [5, 5.41) is 12.3. The van der Waals surface area contributed by atoms with Crippen molar-refractivity contribution in [3.8, 4) is 33.6 Å². The largest absolute Gasteiger partial charge is 0.465 e. The van der Waals surface area contributed by atoms with Gasteiger partial charge in [-0.2, -0.15) is 10.6 Å². The fourth-order valence-corrected chi connectivity index (χ4v) is 11.0. The molecule has 3 aliphatic heterocycles. The lowest BCUT2D eigenvalue weighted by Crippen LogP contribution is -2.51. The third-order valence-electron chi connectivity index (χ3n) is 12.8. The van der Waals surface area contributed by atoms with Crippen LogP contribution in [0.3, 0.4) is 0 Å². The van der Waals surface area contributed by atoms with E-state index in [0.717, 1.165) is 51.4 Å². The molecule has 16 nitrogen and oxygen atoms in total. The number of benzene rings is 2. The number of likely N-dealkylation sites (tertiary alicyclic amines) is 2. The van der Waals surface area contributed by atoms with Crippen molar-refractivity contribution in [2.45, 2.75) is 84.0 Å². The molecular formula is C44H58N8O8S. The zero-order chi connectivity index (χ0) is 43.8. The van der Waals surface area contributed by atoms with Gasteiger partial charge in [0.05, 0.1) is 30.6 Å². The number of aromatic nitrogens is 4. The number of methoxy groups -OCH3 is 1. The number of alkyl carbamates (subject to hydrolysis) is 1. The standard InChI is InChI=1S/C44H58N8O8S/c1-26(2)36(49-42(55)60-6)40(53)52-25-44(17-20-61(58,59)21-18-44)22-35(52)39-46-24-33(48-39)31-15-11-29(12-16-31)28-9-13-30(14-10-28)32-23-45-38(47-32)34-8-7-19-51(34)41(54)37(27(3)4)50(5)43(56)57/h9-16,23-24,26-27,34-37,58-59H,7-8,17-22,25H2,1-6H3,(H,45,47)(H,46,48)(H,49,55)(H,56,57)/t34-,35?,36-,37-/m0/s1. The minimum absolute atomic E-state index is 0.186. The van der Waals surface area contributed by atoms with Gasteiger partial charge >= 0.3 is 12.2 Å². The molecule has 2 aromatic heterocycles. The maximum atomic E-state index is 14.2. The Labute approximate surface area is 357 Å². The molecule has 61 heavy (non-hydrogen) atoms. The van der Waals surface area contributed by atoms with Gasteiger partial charge in [0.15, 0.2) is 0 Å². The third-order valence-corrected chi connectivity index (χ3v) is 14.5. The number of amides is 4. The van der Waals surface area contributed by atoms with E-state index in [9.17, 15) is 33.4 Å². The van der Waals surface area contributed by atoms with Crippen LogP contribution < -0.4 is 5.32 Å². The minimum Gasteiger partial charge on any atom is -0.465 e. The Morgan fingerprint density at radius 2 is 1.34 bits per heavy atom. The Kier molecular flexibility index (Phi) is 12.6. The highest BCUT2D eigenvalue weighted by Crippen LogP contribution is 2.56. The molecule has 3 fully saturated rings. The minimum atomic E-state index is -2.63. The number of H-pyrrole nitrogens is 2. The van der Waals surface area contributed by atoms with Crippen LogP contribution in [0.2, 0.25) is 0 Å². The highest BCUT2D eigenvalue weighted by molar-refractivity contribution is 8.24. The third kappa shape index (κ3) is 9.14. The predicted octanol–water partition coefficient (Wildman–Crippen LogP) is 7.62. The van der Waals surface area contributed by atoms with Crippen molar-refractivity contribution in [1.82, 2.24) is 40.0 Å². The zero-order valence-electron chi connectivity index (χ0n) is 35.6. The van der Waals surface area contributed by atoms with Crippen molar-refractivity contribution < 1.29 is 38.1 Å². The van der Waals surface area contributed by atoms with Crippen molar-refractivity contribution in [3.05, 3.63) is 72.6 Å². The first-order valence-corrected chi connectivity index (χ1v) is 22.8. The molecule has 4 atom stereocenters. The summed E-state index contributed by atoms with van der Waals surface area (Å²) in [5.74, 6) is 1.10. The highest BCUT2D eigenvalue weighted by Gasteiger charge is 2.51. The molecule has 0 saturated carbocycles. The first-order valence-electron chi connectivity index (χ1n) is 21.0. The van der Waals surface area contributed by atoms with Crippen LogP contribution in [0.1, 0.15) is 83.5 Å². The number of carbonyl (C=O) groups excluding carboxylic acids is 3. The average molecular weight is 859 g/mol. The van der Waals surface area contributed by atoms with Crippen LogP contribution in [0.4, 0.5) is 9.59 Å². The monoisotopic (exact) mass is 858 g/mol. The van der Waals surface area contributed by atoms with Gasteiger partial charge in [-0.1, -0.05) is 76.2 Å². The van der Waals surface area contributed by atoms with Gasteiger partial charge in [0, 0.05) is 55.2 Å². The number of aromatic amines is 2. The summed E-state index contributed by atoms with van der Waals surface area (Å²) < 4.78 is 25.6. The fourth-order valence-electron chi connectivity index (χ4n) is 9.24. The number of hydrogen-bond donors (Lipinski definition) is 6. The number of carbonyl (C=O) groups is 4. The zero-order valence-corrected chi connectivity index (χ0v) is 36.4. The molecule has 4 aromatic rings. The number of likely N-dealkylation sites (N-methyl/N-ethyl adjacent to an activating group) is 1. The van der Waals surface area contributed by atoms with Gasteiger partial charge in [0.25, 0.3) is 0 Å². The molecule has 5 heterocycles. The number of nitrogens with one attached hydrogen (secondary N) is 3. The van der Waals surface area contributed by atoms with Crippen molar-refractivity contribution in [2.75, 3.05) is 38.8 Å². The SMILES string of the molecule is COC(=O)N[C@H](C(=O)N1CC2(CCS(O)(O)CC2)CC1c1nc(-c2ccc(-c3ccc(-c4c[nH]c([C@@H]5CCCN5C(=O)[C@H](C(C)C)N(C)C(=O)O)n4)cc3)cc2)c[nH]1)C(C)C. The molecule has 0 aliphatic carbocycles. The van der Waals surface area contributed by atoms with Crippen molar-refractivity contribution in [3.63, 3.8) is 0 Å². The summed E-state index contributed by atoms with van der Waals surface area (Å²) >= 11 is 0. The number of nitrogens with zero attached hydrogens (tertiary/aromatic N) is 5. The normalized spacial score (nSPS) is 21.1. The van der Waals surface area contributed by atoms with E-state index < -0.39 is 40.9 Å². The van der Waals surface area contributed by atoms with Crippen molar-refractivity contribution in [2.24, 2.45) is 17.3 Å². The van der Waals surface area contributed by atoms with Gasteiger partial charge in [0.2, 0.25) is 11.8 Å². The second-order valence-corrected chi connectivity index (χ2v) is 19.9. The lowest BCUT2D eigenvalue weighted by Gasteiger charge is -2.44. The van der Waals surface area contributed by atoms with Crippen LogP contribution in [-0.2, 0) is 14.3 Å². The average Bonchev–Trinajstić information content (AvgIpc) is 4.07. The summed E-state index contributed by atoms with van der Waals surface area (Å²) in [6.45, 7) is 8.43. The van der Waals surface area contributed by atoms with Crippen LogP contribution in [0.25, 0.3) is 33.6 Å². The van der Waals surface area contributed by atoms with Crippen molar-refractivity contribution >= 4 is 34.6 Å². The van der Waals surface area contributed by atoms with E-state index in [1.165, 1.54) is 14.2 Å². The number of hydrogen-bond acceptors (Lipinski definition) is 9. The number of ether oxygens (including phenoxy) is 1. The van der Waals surface area contributed by atoms with E-state index in [2.05, 4.69) is 15.3 Å². The molecule has 328 valence electrons. The van der Waals surface area contributed by atoms with Crippen LogP contribution in [0.5, 0.6) is 0 Å². The molecule has 6 N–H and O–H groups in total. The molecule has 4 amide bonds. The molecular weight excluding hydrogens is 801 g/mol. The van der Waals surface area contributed by atoms with E-state index in [0.29, 0.717) is 55.5 Å². The van der Waals surface area contributed by atoms with Gasteiger partial charge in [-0.05, 0) is 60.5 Å². The smallest absolute Gasteiger partial charge is 0.407 e. The predicted molar refractivity (Wildman–Crippen MR) is 233 cm³/mol. The maximum Gasteiger partial charge on any atom is 0.407 e. The Morgan fingerprint density at radius 1 is 0.820 bits per heavy atom. The van der Waals surface area contributed by atoms with Gasteiger partial charge in [-0.25, -0.2) is 19.6 Å². The van der Waals surface area contributed by atoms with Gasteiger partial charge in [-0.15, -0.1) is 0 Å². The van der Waals surface area contributed by atoms with E-state index in [-0.39, 0.29) is 35.1 Å². The molecule has 7 rings (SSSR count). The Hall–Kier alpha value is -5.39. The molecule has 1 unspecified atom stereocenters. The molecule has 1 spiro atoms. The molecule has 0 bridgehead atoms. The number of carboxylic acid groups (broad SMARTS) is 1. The summed E-state index contributed by atoms with van der Waals surface area (Å²) in [4.78, 5) is 73.0. The summed E-state index contributed by atoms with van der Waals surface area (Å²) in [6, 6.07) is 14.0. The lowest BCUT2D eigenvalue weighted by molar-refractivity contribution is -0.138. The van der Waals surface area contributed by atoms with Crippen LogP contribution >= 0.6 is 10.6 Å². The van der Waals surface area contributed by atoms with E-state index >= 15 is 0 Å². The lowest BCUT2D eigenvalue weighted by atomic mass is 9.80. The highest BCUT2D eigenvalue weighted by atomic mass is 32.3. The Balaban J connectivity index is 1.05. The topological polar surface area (TPSA) is 217 Å². The summed E-state index contributed by atoms with van der Waals surface area (Å²) in [5.41, 5.74) is 5.01. The fraction of sp³-hybridized carbons (Fsp3) is 0.500. The maximum absolute atomic E-state index is 14.2. The van der Waals surface area contributed by atoms with E-state index in [4.69, 9.17) is 14.7 Å². The first-order chi connectivity index (χ1) is 29.0. The Bertz CT molecular complexity index is 2210. The second kappa shape index (κ2) is 17.5. The Morgan fingerprint density at radius 3 is 1.84 bits per heavy atom. The van der Waals surface area contributed by atoms with E-state index in [1.807, 2.05) is 88.6 Å². The van der Waals surface area contributed by atoms with Crippen molar-refractivity contribution in [1.29, 1.82) is 0 Å². The van der Waals surface area contributed by atoms with Crippen LogP contribution in [0.15, 0.2) is 60.9 Å². The van der Waals surface area contributed by atoms with Gasteiger partial charge in [-0.3, -0.25) is 23.6 Å². The summed E-state index contributed by atoms with van der Waals surface area (Å²) in [7, 11) is 0.0788. The van der Waals surface area contributed by atoms with Crippen LogP contribution in [-0.4, -0.2) is 124 Å². The van der Waals surface area contributed by atoms with Gasteiger partial charge < -0.3 is 34.9 Å². The molecule has 3 saturated heterocycles. The molecule has 0 radical (unpaired) electrons. The number of imidazole rings is 2. The summed E-state index contributed by atoms with van der Waals surface area (Å²) in [6.07, 6.45) is 5.20. The molecule has 17 heteroatoms. The first kappa shape index (κ1) is 43.7. The molecule has 2 aromatic carbocycles. The molecule has 3 aliphatic rings. The van der Waals surface area contributed by atoms with Gasteiger partial charge in [0.1, 0.15) is 23.7 Å². The quantitative estimate of drug-likeness (QED) is 0.0867.